The molecule has 2 aromatic heterocycles. The number of nitrogens with zero attached hydrogens (tertiary/aromatic N) is 4. The van der Waals surface area contributed by atoms with Gasteiger partial charge in [-0.3, -0.25) is 4.79 Å². The average Bonchev–Trinajstić information content (AvgIpc) is 3.35. The topological polar surface area (TPSA) is 52.3 Å². The average molecular weight is 378 g/mol. The Hall–Kier alpha value is -3.02. The number of carbonyl (C=O) groups excluding carboxylic acids is 1. The molecule has 0 fully saturated rings. The van der Waals surface area contributed by atoms with Gasteiger partial charge in [-0.15, -0.1) is 0 Å². The maximum atomic E-state index is 12.7. The number of hydrogen-bond acceptors (Lipinski definition) is 3. The largest absolute Gasteiger partial charge is 0.484 e. The fourth-order valence-electron chi connectivity index (χ4n) is 3.46. The van der Waals surface area contributed by atoms with Gasteiger partial charge in [0.15, 0.2) is 6.61 Å². The van der Waals surface area contributed by atoms with Crippen LogP contribution in [0.1, 0.15) is 37.6 Å². The van der Waals surface area contributed by atoms with E-state index in [-0.39, 0.29) is 18.1 Å². The lowest BCUT2D eigenvalue weighted by molar-refractivity contribution is -0.134. The molecule has 0 atom stereocenters. The van der Waals surface area contributed by atoms with E-state index in [4.69, 9.17) is 9.84 Å². The van der Waals surface area contributed by atoms with E-state index < -0.39 is 0 Å². The molecule has 0 saturated heterocycles. The van der Waals surface area contributed by atoms with Crippen molar-refractivity contribution in [3.05, 3.63) is 65.6 Å². The molecule has 1 aliphatic heterocycles. The lowest BCUT2D eigenvalue weighted by Gasteiger charge is -2.24. The highest BCUT2D eigenvalue weighted by atomic mass is 16.5. The van der Waals surface area contributed by atoms with Gasteiger partial charge >= 0.3 is 0 Å². The minimum atomic E-state index is -0.146. The van der Waals surface area contributed by atoms with E-state index in [2.05, 4.69) is 30.0 Å². The van der Waals surface area contributed by atoms with Crippen molar-refractivity contribution in [2.45, 2.75) is 46.3 Å². The van der Waals surface area contributed by atoms with Crippen LogP contribution in [0.4, 0.5) is 0 Å². The molecule has 0 N–H and O–H groups in total. The van der Waals surface area contributed by atoms with Crippen molar-refractivity contribution >= 4 is 5.91 Å². The van der Waals surface area contributed by atoms with E-state index in [1.807, 2.05) is 60.6 Å². The number of aromatic nitrogens is 3. The number of benzene rings is 1. The Kier molecular flexibility index (Phi) is 4.49. The van der Waals surface area contributed by atoms with Crippen LogP contribution in [0.25, 0.3) is 5.82 Å². The van der Waals surface area contributed by atoms with Gasteiger partial charge < -0.3 is 14.2 Å². The summed E-state index contributed by atoms with van der Waals surface area (Å²) in [5.41, 5.74) is 3.09. The van der Waals surface area contributed by atoms with Gasteiger partial charge in [-0.25, -0.2) is 4.68 Å². The molecular weight excluding hydrogens is 352 g/mol. The first kappa shape index (κ1) is 18.3. The van der Waals surface area contributed by atoms with Gasteiger partial charge in [-0.1, -0.05) is 17.7 Å². The minimum absolute atomic E-state index is 0.0284. The van der Waals surface area contributed by atoms with E-state index in [1.165, 1.54) is 0 Å². The van der Waals surface area contributed by atoms with Crippen molar-refractivity contribution in [3.8, 4) is 11.6 Å². The van der Waals surface area contributed by atoms with Crippen molar-refractivity contribution in [1.82, 2.24) is 19.2 Å². The Morgan fingerprint density at radius 2 is 1.79 bits per heavy atom. The third-order valence-corrected chi connectivity index (χ3v) is 4.95. The molecule has 1 aliphatic rings. The molecule has 146 valence electrons. The van der Waals surface area contributed by atoms with Gasteiger partial charge in [-0.05, 0) is 52.0 Å². The molecule has 0 aliphatic carbocycles. The third-order valence-electron chi connectivity index (χ3n) is 4.95. The molecule has 0 unspecified atom stereocenters. The molecular formula is C22H26N4O2. The van der Waals surface area contributed by atoms with Crippen LogP contribution in [0.15, 0.2) is 48.8 Å². The second-order valence-corrected chi connectivity index (χ2v) is 8.27. The Balaban J connectivity index is 1.52. The zero-order valence-electron chi connectivity index (χ0n) is 16.8. The normalized spacial score (nSPS) is 13.6. The van der Waals surface area contributed by atoms with E-state index in [0.717, 1.165) is 22.6 Å². The molecule has 0 spiro atoms. The fraction of sp³-hybridized carbons (Fsp3) is 0.364. The van der Waals surface area contributed by atoms with Gasteiger partial charge in [-0.2, -0.15) is 5.10 Å². The van der Waals surface area contributed by atoms with E-state index >= 15 is 0 Å². The van der Waals surface area contributed by atoms with Crippen molar-refractivity contribution < 1.29 is 9.53 Å². The molecule has 1 amide bonds. The zero-order chi connectivity index (χ0) is 19.9. The lowest BCUT2D eigenvalue weighted by Crippen LogP contribution is -2.32. The molecule has 6 nitrogen and oxygen atoms in total. The summed E-state index contributed by atoms with van der Waals surface area (Å²) in [6.45, 7) is 9.54. The smallest absolute Gasteiger partial charge is 0.261 e. The molecule has 28 heavy (non-hydrogen) atoms. The first-order valence-electron chi connectivity index (χ1n) is 9.55. The number of carbonyl (C=O) groups is 1. The van der Waals surface area contributed by atoms with Gasteiger partial charge in [0.1, 0.15) is 11.6 Å². The highest BCUT2D eigenvalue weighted by Gasteiger charge is 2.33. The predicted octanol–water partition coefficient (Wildman–Crippen LogP) is 3.66. The second-order valence-electron chi connectivity index (χ2n) is 8.27. The molecule has 0 saturated carbocycles. The second kappa shape index (κ2) is 6.86. The highest BCUT2D eigenvalue weighted by molar-refractivity contribution is 5.78. The summed E-state index contributed by atoms with van der Waals surface area (Å²) >= 11 is 0. The van der Waals surface area contributed by atoms with Gasteiger partial charge in [0, 0.05) is 18.0 Å². The zero-order valence-corrected chi connectivity index (χ0v) is 16.8. The molecule has 3 heterocycles. The summed E-state index contributed by atoms with van der Waals surface area (Å²) < 4.78 is 9.80. The number of fused-ring (bicyclic) bond motifs is 1. The lowest BCUT2D eigenvalue weighted by atomic mass is 10.1. The van der Waals surface area contributed by atoms with Crippen molar-refractivity contribution in [3.63, 3.8) is 0 Å². The van der Waals surface area contributed by atoms with Gasteiger partial charge in [0.05, 0.1) is 24.3 Å². The number of ether oxygens (including phenoxy) is 1. The quantitative estimate of drug-likeness (QED) is 0.696. The maximum Gasteiger partial charge on any atom is 0.261 e. The Bertz CT molecular complexity index is 979. The molecule has 1 aromatic carbocycles. The SMILES string of the molecule is Cc1ccc(OCC(=O)N2Cc3nn(C(C)(C)C)c(-n4cccc4)c3C2)cc1. The summed E-state index contributed by atoms with van der Waals surface area (Å²) in [5.74, 6) is 1.71. The van der Waals surface area contributed by atoms with Crippen LogP contribution in [0, 0.1) is 6.92 Å². The van der Waals surface area contributed by atoms with Crippen LogP contribution in [0.5, 0.6) is 5.75 Å². The summed E-state index contributed by atoms with van der Waals surface area (Å²) in [5, 5.41) is 4.84. The maximum absolute atomic E-state index is 12.7. The number of amides is 1. The van der Waals surface area contributed by atoms with Gasteiger partial charge in [0.25, 0.3) is 5.91 Å². The Morgan fingerprint density at radius 3 is 2.43 bits per heavy atom. The molecule has 6 heteroatoms. The Labute approximate surface area is 165 Å². The van der Waals surface area contributed by atoms with Crippen LogP contribution in [0.3, 0.4) is 0 Å². The van der Waals surface area contributed by atoms with E-state index in [1.54, 1.807) is 0 Å². The number of aryl methyl sites for hydroxylation is 1. The minimum Gasteiger partial charge on any atom is -0.484 e. The first-order valence-corrected chi connectivity index (χ1v) is 9.55. The van der Waals surface area contributed by atoms with Crippen LogP contribution in [-0.4, -0.2) is 31.8 Å². The van der Waals surface area contributed by atoms with E-state index in [9.17, 15) is 4.79 Å². The summed E-state index contributed by atoms with van der Waals surface area (Å²) in [6, 6.07) is 11.7. The van der Waals surface area contributed by atoms with Crippen molar-refractivity contribution in [2.24, 2.45) is 0 Å². The molecule has 0 radical (unpaired) electrons. The summed E-state index contributed by atoms with van der Waals surface area (Å²) in [4.78, 5) is 14.5. The van der Waals surface area contributed by atoms with Crippen molar-refractivity contribution in [2.75, 3.05) is 6.61 Å². The predicted molar refractivity (Wildman–Crippen MR) is 107 cm³/mol. The fourth-order valence-corrected chi connectivity index (χ4v) is 3.46. The molecule has 3 aromatic rings. The summed E-state index contributed by atoms with van der Waals surface area (Å²) in [7, 11) is 0. The third kappa shape index (κ3) is 3.42. The highest BCUT2D eigenvalue weighted by Crippen LogP contribution is 2.32. The van der Waals surface area contributed by atoms with Crippen LogP contribution in [-0.2, 0) is 23.4 Å². The molecule has 0 bridgehead atoms. The first-order chi connectivity index (χ1) is 13.3. The van der Waals surface area contributed by atoms with Gasteiger partial charge in [0.2, 0.25) is 0 Å². The monoisotopic (exact) mass is 378 g/mol. The van der Waals surface area contributed by atoms with Crippen LogP contribution < -0.4 is 4.74 Å². The van der Waals surface area contributed by atoms with E-state index in [0.29, 0.717) is 18.8 Å². The van der Waals surface area contributed by atoms with Crippen molar-refractivity contribution in [1.29, 1.82) is 0 Å². The Morgan fingerprint density at radius 1 is 1.11 bits per heavy atom. The summed E-state index contributed by atoms with van der Waals surface area (Å²) in [6.07, 6.45) is 4.04. The van der Waals surface area contributed by atoms with Crippen LogP contribution in [0.2, 0.25) is 0 Å². The molecule has 4 rings (SSSR count). The van der Waals surface area contributed by atoms with Crippen LogP contribution >= 0.6 is 0 Å². The number of rotatable bonds is 4. The number of hydrogen-bond donors (Lipinski definition) is 0. The standard InChI is InChI=1S/C22H26N4O2/c1-16-7-9-17(10-8-16)28-15-20(27)25-13-18-19(14-25)23-26(22(2,3)4)21(18)24-11-5-6-12-24/h5-12H,13-15H2,1-4H3.